The summed E-state index contributed by atoms with van der Waals surface area (Å²) >= 11 is 0. The minimum absolute atomic E-state index is 0.00889. The zero-order chi connectivity index (χ0) is 17.2. The van der Waals surface area contributed by atoms with Crippen molar-refractivity contribution in [1.82, 2.24) is 4.90 Å². The number of carbonyl (C=O) groups excluding carboxylic acids is 1. The molecule has 0 fully saturated rings. The fraction of sp³-hybridized carbons (Fsp3) is 0.235. The molecule has 0 spiro atoms. The SMILES string of the molecule is CC(c1ccc(S(C)(=O)=O)cc1)N(C)C(=O)c1ccccc1F. The molecule has 0 aromatic heterocycles. The van der Waals surface area contributed by atoms with Crippen LogP contribution >= 0.6 is 0 Å². The maximum absolute atomic E-state index is 13.7. The smallest absolute Gasteiger partial charge is 0.257 e. The van der Waals surface area contributed by atoms with Crippen LogP contribution < -0.4 is 0 Å². The Balaban J connectivity index is 2.24. The number of rotatable bonds is 4. The third-order valence-electron chi connectivity index (χ3n) is 3.80. The van der Waals surface area contributed by atoms with E-state index in [4.69, 9.17) is 0 Å². The summed E-state index contributed by atoms with van der Waals surface area (Å²) in [5.41, 5.74) is 0.777. The molecule has 2 aromatic carbocycles. The Morgan fingerprint density at radius 2 is 1.65 bits per heavy atom. The molecule has 23 heavy (non-hydrogen) atoms. The summed E-state index contributed by atoms with van der Waals surface area (Å²) in [5, 5.41) is 0. The van der Waals surface area contributed by atoms with Gasteiger partial charge in [-0.3, -0.25) is 4.79 Å². The lowest BCUT2D eigenvalue weighted by molar-refractivity contribution is 0.0738. The molecule has 4 nitrogen and oxygen atoms in total. The van der Waals surface area contributed by atoms with Crippen LogP contribution in [0.1, 0.15) is 28.9 Å². The predicted molar refractivity (Wildman–Crippen MR) is 86.5 cm³/mol. The van der Waals surface area contributed by atoms with Gasteiger partial charge in [-0.15, -0.1) is 0 Å². The molecule has 2 aromatic rings. The number of sulfone groups is 1. The predicted octanol–water partition coefficient (Wildman–Crippen LogP) is 3.06. The molecule has 0 saturated carbocycles. The van der Waals surface area contributed by atoms with Gasteiger partial charge in [-0.2, -0.15) is 0 Å². The monoisotopic (exact) mass is 335 g/mol. The van der Waals surface area contributed by atoms with Crippen molar-refractivity contribution in [3.8, 4) is 0 Å². The van der Waals surface area contributed by atoms with Crippen LogP contribution in [0.25, 0.3) is 0 Å². The van der Waals surface area contributed by atoms with Crippen LogP contribution in [-0.2, 0) is 9.84 Å². The molecule has 0 aliphatic carbocycles. The van der Waals surface area contributed by atoms with Crippen LogP contribution in [0.3, 0.4) is 0 Å². The minimum atomic E-state index is -3.26. The zero-order valence-corrected chi connectivity index (χ0v) is 14.0. The molecule has 1 atom stereocenters. The van der Waals surface area contributed by atoms with Crippen molar-refractivity contribution in [2.24, 2.45) is 0 Å². The van der Waals surface area contributed by atoms with E-state index in [-0.39, 0.29) is 16.5 Å². The van der Waals surface area contributed by atoms with Crippen molar-refractivity contribution in [3.63, 3.8) is 0 Å². The first-order valence-corrected chi connectivity index (χ1v) is 8.92. The molecule has 0 saturated heterocycles. The quantitative estimate of drug-likeness (QED) is 0.863. The fourth-order valence-corrected chi connectivity index (χ4v) is 2.85. The van der Waals surface area contributed by atoms with Gasteiger partial charge in [0.1, 0.15) is 5.82 Å². The second kappa shape index (κ2) is 6.50. The Morgan fingerprint density at radius 1 is 1.09 bits per heavy atom. The van der Waals surface area contributed by atoms with Crippen LogP contribution in [0.4, 0.5) is 4.39 Å². The summed E-state index contributed by atoms with van der Waals surface area (Å²) < 4.78 is 36.7. The van der Waals surface area contributed by atoms with Crippen molar-refractivity contribution in [1.29, 1.82) is 0 Å². The van der Waals surface area contributed by atoms with Crippen molar-refractivity contribution >= 4 is 15.7 Å². The van der Waals surface area contributed by atoms with E-state index in [1.807, 2.05) is 0 Å². The zero-order valence-electron chi connectivity index (χ0n) is 13.2. The molecular formula is C17H18FNO3S. The summed E-state index contributed by atoms with van der Waals surface area (Å²) in [6, 6.07) is 11.8. The number of hydrogen-bond acceptors (Lipinski definition) is 3. The molecule has 2 rings (SSSR count). The van der Waals surface area contributed by atoms with E-state index in [1.54, 1.807) is 32.2 Å². The van der Waals surface area contributed by atoms with Crippen LogP contribution in [0.2, 0.25) is 0 Å². The number of carbonyl (C=O) groups is 1. The van der Waals surface area contributed by atoms with Crippen LogP contribution in [-0.4, -0.2) is 32.5 Å². The highest BCUT2D eigenvalue weighted by Crippen LogP contribution is 2.23. The first-order chi connectivity index (χ1) is 10.7. The first-order valence-electron chi connectivity index (χ1n) is 7.03. The average Bonchev–Trinajstić information content (AvgIpc) is 2.52. The number of benzene rings is 2. The number of hydrogen-bond donors (Lipinski definition) is 0. The Kier molecular flexibility index (Phi) is 4.85. The lowest BCUT2D eigenvalue weighted by Gasteiger charge is -2.25. The van der Waals surface area contributed by atoms with Gasteiger partial charge < -0.3 is 4.90 Å². The van der Waals surface area contributed by atoms with Gasteiger partial charge >= 0.3 is 0 Å². The van der Waals surface area contributed by atoms with E-state index < -0.39 is 21.6 Å². The third kappa shape index (κ3) is 3.76. The van der Waals surface area contributed by atoms with E-state index in [1.165, 1.54) is 35.2 Å². The average molecular weight is 335 g/mol. The summed E-state index contributed by atoms with van der Waals surface area (Å²) in [5.74, 6) is -0.994. The lowest BCUT2D eigenvalue weighted by atomic mass is 10.1. The summed E-state index contributed by atoms with van der Waals surface area (Å²) in [6.45, 7) is 1.80. The van der Waals surface area contributed by atoms with Gasteiger partial charge in [0.2, 0.25) is 0 Å². The van der Waals surface area contributed by atoms with Crippen molar-refractivity contribution in [3.05, 3.63) is 65.5 Å². The van der Waals surface area contributed by atoms with Crippen LogP contribution in [0.15, 0.2) is 53.4 Å². The van der Waals surface area contributed by atoms with E-state index in [0.717, 1.165) is 11.8 Å². The Bertz CT molecular complexity index is 816. The van der Waals surface area contributed by atoms with Gasteiger partial charge in [-0.25, -0.2) is 12.8 Å². The normalized spacial score (nSPS) is 12.7. The van der Waals surface area contributed by atoms with Gasteiger partial charge in [-0.1, -0.05) is 24.3 Å². The Labute approximate surface area is 135 Å². The number of amides is 1. The molecule has 0 aliphatic heterocycles. The second-order valence-electron chi connectivity index (χ2n) is 5.41. The van der Waals surface area contributed by atoms with E-state index in [0.29, 0.717) is 0 Å². The molecule has 122 valence electrons. The van der Waals surface area contributed by atoms with Crippen molar-refractivity contribution in [2.45, 2.75) is 17.9 Å². The van der Waals surface area contributed by atoms with Gasteiger partial charge in [0.25, 0.3) is 5.91 Å². The van der Waals surface area contributed by atoms with Gasteiger partial charge in [-0.05, 0) is 36.8 Å². The lowest BCUT2D eigenvalue weighted by Crippen LogP contribution is -2.30. The van der Waals surface area contributed by atoms with Crippen LogP contribution in [0, 0.1) is 5.82 Å². The summed E-state index contributed by atoms with van der Waals surface area (Å²) in [7, 11) is -1.67. The number of halogens is 1. The summed E-state index contributed by atoms with van der Waals surface area (Å²) in [6.07, 6.45) is 1.14. The van der Waals surface area contributed by atoms with Gasteiger partial charge in [0, 0.05) is 13.3 Å². The molecule has 6 heteroatoms. The molecule has 0 radical (unpaired) electrons. The van der Waals surface area contributed by atoms with E-state index in [9.17, 15) is 17.6 Å². The standard InChI is InChI=1S/C17H18FNO3S/c1-12(13-8-10-14(11-9-13)23(3,21)22)19(2)17(20)15-6-4-5-7-16(15)18/h4-12H,1-3H3. The van der Waals surface area contributed by atoms with E-state index in [2.05, 4.69) is 0 Å². The van der Waals surface area contributed by atoms with Crippen molar-refractivity contribution < 1.29 is 17.6 Å². The van der Waals surface area contributed by atoms with Gasteiger partial charge in [0.05, 0.1) is 16.5 Å². The molecule has 0 heterocycles. The maximum Gasteiger partial charge on any atom is 0.257 e. The highest BCUT2D eigenvalue weighted by Gasteiger charge is 2.21. The second-order valence-corrected chi connectivity index (χ2v) is 7.43. The molecule has 1 unspecified atom stereocenters. The fourth-order valence-electron chi connectivity index (χ4n) is 2.22. The van der Waals surface area contributed by atoms with Crippen LogP contribution in [0.5, 0.6) is 0 Å². The first kappa shape index (κ1) is 17.1. The molecule has 0 N–H and O–H groups in total. The molecule has 0 aliphatic rings. The highest BCUT2D eigenvalue weighted by molar-refractivity contribution is 7.90. The molecule has 0 bridgehead atoms. The number of nitrogens with zero attached hydrogens (tertiary/aromatic N) is 1. The minimum Gasteiger partial charge on any atom is -0.335 e. The highest BCUT2D eigenvalue weighted by atomic mass is 32.2. The van der Waals surface area contributed by atoms with E-state index >= 15 is 0 Å². The van der Waals surface area contributed by atoms with Gasteiger partial charge in [0.15, 0.2) is 9.84 Å². The Morgan fingerprint density at radius 3 is 2.17 bits per heavy atom. The molecule has 1 amide bonds. The largest absolute Gasteiger partial charge is 0.335 e. The Hall–Kier alpha value is -2.21. The topological polar surface area (TPSA) is 54.5 Å². The molecular weight excluding hydrogens is 317 g/mol. The third-order valence-corrected chi connectivity index (χ3v) is 4.92. The van der Waals surface area contributed by atoms with Crippen molar-refractivity contribution in [2.75, 3.05) is 13.3 Å². The maximum atomic E-state index is 13.7. The summed E-state index contributed by atoms with van der Waals surface area (Å²) in [4.78, 5) is 14.0.